The van der Waals surface area contributed by atoms with E-state index in [1.807, 2.05) is 0 Å². The number of halogens is 1. The molecular weight excluding hydrogens is 238 g/mol. The van der Waals surface area contributed by atoms with Gasteiger partial charge in [0.25, 0.3) is 0 Å². The summed E-state index contributed by atoms with van der Waals surface area (Å²) in [5.41, 5.74) is 0.570. The molecule has 0 heterocycles. The fourth-order valence-electron chi connectivity index (χ4n) is 0.889. The van der Waals surface area contributed by atoms with Crippen molar-refractivity contribution < 1.29 is 15.1 Å². The smallest absolute Gasteiger partial charge is 0.172 e. The van der Waals surface area contributed by atoms with E-state index in [-0.39, 0.29) is 5.75 Å². The molecule has 0 spiro atoms. The lowest BCUT2D eigenvalue weighted by Gasteiger charge is -2.06. The van der Waals surface area contributed by atoms with Gasteiger partial charge in [0.05, 0.1) is 17.8 Å². The van der Waals surface area contributed by atoms with Crippen molar-refractivity contribution in [3.63, 3.8) is 0 Å². The maximum Gasteiger partial charge on any atom is 0.172 e. The summed E-state index contributed by atoms with van der Waals surface area (Å²) in [4.78, 5) is 0. The Morgan fingerprint density at radius 1 is 1.54 bits per heavy atom. The van der Waals surface area contributed by atoms with Crippen LogP contribution in [0.15, 0.2) is 21.8 Å². The highest BCUT2D eigenvalue weighted by atomic mass is 79.9. The van der Waals surface area contributed by atoms with Gasteiger partial charge < -0.3 is 15.1 Å². The quantitative estimate of drug-likeness (QED) is 0.476. The number of methoxy groups -OCH3 is 1. The van der Waals surface area contributed by atoms with Crippen molar-refractivity contribution in [2.24, 2.45) is 5.16 Å². The van der Waals surface area contributed by atoms with Crippen LogP contribution < -0.4 is 4.74 Å². The molecule has 0 saturated carbocycles. The number of aromatic hydroxyl groups is 1. The van der Waals surface area contributed by atoms with Crippen LogP contribution in [0.2, 0.25) is 0 Å². The summed E-state index contributed by atoms with van der Waals surface area (Å²) in [6.07, 6.45) is 1.21. The Hall–Kier alpha value is -1.23. The van der Waals surface area contributed by atoms with E-state index in [0.29, 0.717) is 15.8 Å². The Bertz CT molecular complexity index is 338. The summed E-state index contributed by atoms with van der Waals surface area (Å²) in [6, 6.07) is 3.24. The second-order valence-electron chi connectivity index (χ2n) is 2.26. The molecule has 0 aromatic heterocycles. The highest BCUT2D eigenvalue weighted by Gasteiger charge is 2.08. The van der Waals surface area contributed by atoms with E-state index in [1.54, 1.807) is 12.1 Å². The van der Waals surface area contributed by atoms with Gasteiger partial charge in [0, 0.05) is 5.56 Å². The predicted octanol–water partition coefficient (Wildman–Crippen LogP) is 1.97. The predicted molar refractivity (Wildman–Crippen MR) is 51.7 cm³/mol. The SMILES string of the molecule is COc1ccc(/C=N\O)c(Br)c1O. The molecule has 0 aliphatic heterocycles. The minimum Gasteiger partial charge on any atom is -0.503 e. The van der Waals surface area contributed by atoms with Gasteiger partial charge in [-0.3, -0.25) is 0 Å². The molecule has 0 fully saturated rings. The topological polar surface area (TPSA) is 62.0 Å². The zero-order valence-electron chi connectivity index (χ0n) is 6.86. The fourth-order valence-corrected chi connectivity index (χ4v) is 1.32. The number of hydrogen-bond donors (Lipinski definition) is 2. The van der Waals surface area contributed by atoms with Gasteiger partial charge in [-0.15, -0.1) is 0 Å². The number of ether oxygens (including phenoxy) is 1. The molecule has 13 heavy (non-hydrogen) atoms. The van der Waals surface area contributed by atoms with Gasteiger partial charge in [0.2, 0.25) is 0 Å². The minimum atomic E-state index is -0.0140. The Balaban J connectivity index is 3.22. The van der Waals surface area contributed by atoms with Gasteiger partial charge in [-0.1, -0.05) is 5.16 Å². The number of benzene rings is 1. The van der Waals surface area contributed by atoms with E-state index in [2.05, 4.69) is 21.1 Å². The molecule has 0 saturated heterocycles. The molecule has 2 N–H and O–H groups in total. The Morgan fingerprint density at radius 3 is 2.77 bits per heavy atom. The van der Waals surface area contributed by atoms with Crippen LogP contribution in [0.4, 0.5) is 0 Å². The first kappa shape index (κ1) is 9.85. The first-order valence-electron chi connectivity index (χ1n) is 3.43. The van der Waals surface area contributed by atoms with Crippen molar-refractivity contribution in [1.29, 1.82) is 0 Å². The lowest BCUT2D eigenvalue weighted by atomic mass is 10.2. The lowest BCUT2D eigenvalue weighted by Crippen LogP contribution is -1.88. The standard InChI is InChI=1S/C8H8BrNO3/c1-13-6-3-2-5(4-10-12)7(9)8(6)11/h2-4,11-12H,1H3/b10-4-. The maximum absolute atomic E-state index is 9.49. The Labute approximate surface area is 83.6 Å². The number of phenolic OH excluding ortho intramolecular Hbond substituents is 1. The molecule has 0 unspecified atom stereocenters. The summed E-state index contributed by atoms with van der Waals surface area (Å²) in [5, 5.41) is 20.6. The first-order valence-corrected chi connectivity index (χ1v) is 4.23. The van der Waals surface area contributed by atoms with Crippen LogP contribution in [0, 0.1) is 0 Å². The molecule has 5 heteroatoms. The second kappa shape index (κ2) is 4.13. The molecule has 1 aromatic carbocycles. The summed E-state index contributed by atoms with van der Waals surface area (Å²) < 4.78 is 5.31. The largest absolute Gasteiger partial charge is 0.503 e. The highest BCUT2D eigenvalue weighted by molar-refractivity contribution is 9.10. The van der Waals surface area contributed by atoms with Crippen molar-refractivity contribution >= 4 is 22.1 Å². The molecule has 0 aliphatic carbocycles. The van der Waals surface area contributed by atoms with Gasteiger partial charge in [0.15, 0.2) is 11.5 Å². The van der Waals surface area contributed by atoms with Gasteiger partial charge in [0.1, 0.15) is 0 Å². The molecule has 0 radical (unpaired) electrons. The minimum absolute atomic E-state index is 0.0140. The fraction of sp³-hybridized carbons (Fsp3) is 0.125. The molecule has 1 aromatic rings. The van der Waals surface area contributed by atoms with Crippen molar-refractivity contribution in [2.45, 2.75) is 0 Å². The van der Waals surface area contributed by atoms with Crippen LogP contribution >= 0.6 is 15.9 Å². The van der Waals surface area contributed by atoms with Gasteiger partial charge >= 0.3 is 0 Å². The van der Waals surface area contributed by atoms with Crippen LogP contribution in [0.5, 0.6) is 11.5 Å². The van der Waals surface area contributed by atoms with Crippen molar-refractivity contribution in [2.75, 3.05) is 7.11 Å². The Morgan fingerprint density at radius 2 is 2.23 bits per heavy atom. The van der Waals surface area contributed by atoms with E-state index >= 15 is 0 Å². The molecule has 0 bridgehead atoms. The van der Waals surface area contributed by atoms with Crippen LogP contribution in [0.1, 0.15) is 5.56 Å². The summed E-state index contributed by atoms with van der Waals surface area (Å²) >= 11 is 3.14. The molecule has 0 amide bonds. The zero-order chi connectivity index (χ0) is 9.84. The van der Waals surface area contributed by atoms with E-state index in [1.165, 1.54) is 13.3 Å². The second-order valence-corrected chi connectivity index (χ2v) is 3.06. The molecule has 1 rings (SSSR count). The average molecular weight is 246 g/mol. The van der Waals surface area contributed by atoms with E-state index in [4.69, 9.17) is 9.94 Å². The molecule has 0 aliphatic rings. The van der Waals surface area contributed by atoms with Crippen LogP contribution in [0.25, 0.3) is 0 Å². The third-order valence-corrected chi connectivity index (χ3v) is 2.36. The van der Waals surface area contributed by atoms with E-state index in [9.17, 15) is 5.11 Å². The number of nitrogens with zero attached hydrogens (tertiary/aromatic N) is 1. The monoisotopic (exact) mass is 245 g/mol. The molecule has 4 nitrogen and oxygen atoms in total. The number of oxime groups is 1. The van der Waals surface area contributed by atoms with E-state index in [0.717, 1.165) is 0 Å². The zero-order valence-corrected chi connectivity index (χ0v) is 8.45. The third-order valence-electron chi connectivity index (χ3n) is 1.53. The van der Waals surface area contributed by atoms with Gasteiger partial charge in [-0.2, -0.15) is 0 Å². The summed E-state index contributed by atoms with van der Waals surface area (Å²) in [7, 11) is 1.46. The van der Waals surface area contributed by atoms with Crippen molar-refractivity contribution in [1.82, 2.24) is 0 Å². The van der Waals surface area contributed by atoms with Crippen LogP contribution in [0.3, 0.4) is 0 Å². The number of hydrogen-bond acceptors (Lipinski definition) is 4. The molecular formula is C8H8BrNO3. The number of phenols is 1. The summed E-state index contributed by atoms with van der Waals surface area (Å²) in [5.74, 6) is 0.349. The van der Waals surface area contributed by atoms with E-state index < -0.39 is 0 Å². The molecule has 0 atom stereocenters. The van der Waals surface area contributed by atoms with Gasteiger partial charge in [-0.25, -0.2) is 0 Å². The van der Waals surface area contributed by atoms with Crippen molar-refractivity contribution in [3.05, 3.63) is 22.2 Å². The first-order chi connectivity index (χ1) is 6.20. The van der Waals surface area contributed by atoms with Crippen LogP contribution in [-0.4, -0.2) is 23.6 Å². The normalized spacial score (nSPS) is 10.6. The Kier molecular flexibility index (Phi) is 3.13. The highest BCUT2D eigenvalue weighted by Crippen LogP contribution is 2.35. The third kappa shape index (κ3) is 1.92. The molecule has 70 valence electrons. The number of rotatable bonds is 2. The van der Waals surface area contributed by atoms with Crippen molar-refractivity contribution in [3.8, 4) is 11.5 Å². The average Bonchev–Trinajstić information content (AvgIpc) is 2.14. The maximum atomic E-state index is 9.49. The van der Waals surface area contributed by atoms with Gasteiger partial charge in [-0.05, 0) is 28.1 Å². The summed E-state index contributed by atoms with van der Waals surface area (Å²) in [6.45, 7) is 0. The van der Waals surface area contributed by atoms with Crippen LogP contribution in [-0.2, 0) is 0 Å². The lowest BCUT2D eigenvalue weighted by molar-refractivity contribution is 0.321.